The quantitative estimate of drug-likeness (QED) is 0.0246. The van der Waals surface area contributed by atoms with E-state index in [9.17, 15) is 47.4 Å². The van der Waals surface area contributed by atoms with Gasteiger partial charge in [0.25, 0.3) is 23.2 Å². The number of nitro benzene ring substituents is 2. The van der Waals surface area contributed by atoms with E-state index in [2.05, 4.69) is 20.6 Å². The molecule has 0 fully saturated rings. The van der Waals surface area contributed by atoms with Gasteiger partial charge in [-0.15, -0.1) is 0 Å². The van der Waals surface area contributed by atoms with E-state index in [1.54, 1.807) is 60.7 Å². The van der Waals surface area contributed by atoms with Crippen molar-refractivity contribution in [2.75, 3.05) is 26.2 Å². The maximum absolute atomic E-state index is 14.7. The Balaban J connectivity index is 0.000000216. The van der Waals surface area contributed by atoms with Gasteiger partial charge in [-0.25, -0.2) is 27.5 Å². The number of non-ortho nitro benzene ring substituents is 2. The number of nitrogens with two attached hydrogens (primary N) is 4. The lowest BCUT2D eigenvalue weighted by Gasteiger charge is -2.14. The first kappa shape index (κ1) is 53.4. The Bertz CT molecular complexity index is 3290. The number of benzene rings is 6. The summed E-state index contributed by atoms with van der Waals surface area (Å²) in [5.74, 6) is -3.08. The predicted octanol–water partition coefficient (Wildman–Crippen LogP) is 7.47. The normalized spacial score (nSPS) is 12.0. The molecule has 0 aliphatic heterocycles. The molecule has 0 saturated carbocycles. The summed E-state index contributed by atoms with van der Waals surface area (Å²) in [6.07, 6.45) is 2.70. The average molecular weight is 1020 g/mol. The molecule has 74 heavy (non-hydrogen) atoms. The molecule has 0 saturated heterocycles. The van der Waals surface area contributed by atoms with E-state index in [-0.39, 0.29) is 84.0 Å². The fourth-order valence-electron chi connectivity index (χ4n) is 8.07. The molecule has 2 heterocycles. The van der Waals surface area contributed by atoms with Crippen LogP contribution >= 0.6 is 0 Å². The smallest absolute Gasteiger partial charge is 0.287 e. The van der Waals surface area contributed by atoms with Crippen LogP contribution in [-0.2, 0) is 13.1 Å². The highest BCUT2D eigenvalue weighted by molar-refractivity contribution is 5.97. The van der Waals surface area contributed by atoms with Crippen molar-refractivity contribution in [2.45, 2.75) is 50.9 Å². The molecule has 2 amide bonds. The fraction of sp³-hybridized carbons (Fsp3) is 0.231. The summed E-state index contributed by atoms with van der Waals surface area (Å²) in [6.45, 7) is 1.01. The molecule has 8 aromatic rings. The topological polar surface area (TPSA) is 284 Å². The van der Waals surface area contributed by atoms with Crippen molar-refractivity contribution in [1.82, 2.24) is 29.7 Å². The Morgan fingerprint density at radius 1 is 0.541 bits per heavy atom. The summed E-state index contributed by atoms with van der Waals surface area (Å²) >= 11 is 0. The van der Waals surface area contributed by atoms with Gasteiger partial charge in [0, 0.05) is 60.6 Å². The third-order valence-corrected chi connectivity index (χ3v) is 12.0. The zero-order valence-corrected chi connectivity index (χ0v) is 39.7. The number of amides is 2. The lowest BCUT2D eigenvalue weighted by atomic mass is 10.1. The van der Waals surface area contributed by atoms with Gasteiger partial charge in [-0.3, -0.25) is 29.8 Å². The Morgan fingerprint density at radius 3 is 1.42 bits per heavy atom. The van der Waals surface area contributed by atoms with Crippen LogP contribution in [0.4, 0.5) is 28.9 Å². The van der Waals surface area contributed by atoms with Gasteiger partial charge in [0.2, 0.25) is 0 Å². The van der Waals surface area contributed by atoms with E-state index >= 15 is 0 Å². The first-order chi connectivity index (χ1) is 35.5. The minimum atomic E-state index is -0.655. The molecule has 2 atom stereocenters. The van der Waals surface area contributed by atoms with Crippen LogP contribution in [0.5, 0.6) is 0 Å². The summed E-state index contributed by atoms with van der Waals surface area (Å²) in [5.41, 5.74) is 27.5. The van der Waals surface area contributed by atoms with Crippen LogP contribution in [0.2, 0.25) is 0 Å². The van der Waals surface area contributed by atoms with Crippen LogP contribution < -0.4 is 33.6 Å². The van der Waals surface area contributed by atoms with E-state index in [4.69, 9.17) is 22.9 Å². The molecule has 0 aliphatic carbocycles. The molecular formula is C52H52F4N12O6. The molecule has 2 aromatic heterocycles. The van der Waals surface area contributed by atoms with Gasteiger partial charge in [0.15, 0.2) is 11.6 Å². The monoisotopic (exact) mass is 1020 g/mol. The number of aromatic nitrogens is 4. The van der Waals surface area contributed by atoms with Crippen LogP contribution in [0.25, 0.3) is 44.3 Å². The summed E-state index contributed by atoms with van der Waals surface area (Å²) in [6, 6.07) is 28.2. The Kier molecular flexibility index (Phi) is 17.5. The molecule has 0 radical (unpaired) electrons. The Morgan fingerprint density at radius 2 is 0.959 bits per heavy atom. The summed E-state index contributed by atoms with van der Waals surface area (Å²) in [5, 5.41) is 28.0. The van der Waals surface area contributed by atoms with Crippen molar-refractivity contribution in [3.63, 3.8) is 0 Å². The number of carbonyl (C=O) groups excluding carboxylic acids is 2. The molecule has 384 valence electrons. The standard InChI is InChI=1S/2C26H26F2N6O3/c27-19-6-3-16(4-7-19)17-5-10-24-23(13-17)32-25(26(35)31-14-20(30)2-1-11-29)33(24)15-18-12-21(34(36)37)8-9-22(18)28;27-19-6-3-16(4-7-19)17-5-10-23-24(13-17)33(15-18-12-21(34(36)37)8-9-22(18)28)25(32-23)26(35)31-14-20(30)2-1-11-29/h2*3-10,12-13,20H,1-2,11,14-15,29-30H2,(H,31,35)/t2*20-/m00/s1. The number of fused-ring (bicyclic) bond motifs is 2. The highest BCUT2D eigenvalue weighted by Gasteiger charge is 2.24. The van der Waals surface area contributed by atoms with Crippen molar-refractivity contribution in [3.8, 4) is 22.3 Å². The van der Waals surface area contributed by atoms with E-state index in [1.807, 2.05) is 0 Å². The number of nitro groups is 2. The van der Waals surface area contributed by atoms with Crippen molar-refractivity contribution in [1.29, 1.82) is 0 Å². The molecule has 8 rings (SSSR count). The molecular weight excluding hydrogens is 965 g/mol. The second kappa shape index (κ2) is 24.3. The first-order valence-electron chi connectivity index (χ1n) is 23.4. The van der Waals surface area contributed by atoms with Crippen LogP contribution in [0, 0.1) is 43.5 Å². The van der Waals surface area contributed by atoms with Gasteiger partial charge in [-0.1, -0.05) is 36.4 Å². The van der Waals surface area contributed by atoms with Gasteiger partial charge >= 0.3 is 0 Å². The summed E-state index contributed by atoms with van der Waals surface area (Å²) in [7, 11) is 0. The highest BCUT2D eigenvalue weighted by Crippen LogP contribution is 2.30. The number of rotatable bonds is 20. The molecule has 0 aliphatic rings. The SMILES string of the molecule is NCCC[C@H](N)CNC(=O)c1nc2cc(-c3ccc(F)cc3)ccc2n1Cc1cc([N+](=O)[O-])ccc1F.NCCC[C@H](N)CNC(=O)c1nc2ccc(-c3ccc(F)cc3)cc2n1Cc1cc([N+](=O)[O-])ccc1F. The molecule has 0 spiro atoms. The molecule has 22 heteroatoms. The highest BCUT2D eigenvalue weighted by atomic mass is 19.1. The summed E-state index contributed by atoms with van der Waals surface area (Å²) in [4.78, 5) is 56.5. The number of nitrogens with zero attached hydrogens (tertiary/aromatic N) is 6. The second-order valence-electron chi connectivity index (χ2n) is 17.3. The van der Waals surface area contributed by atoms with E-state index in [0.717, 1.165) is 58.7 Å². The minimum Gasteiger partial charge on any atom is -0.348 e. The first-order valence-corrected chi connectivity index (χ1v) is 23.4. The van der Waals surface area contributed by atoms with Gasteiger partial charge in [-0.2, -0.15) is 0 Å². The Hall–Kier alpha value is -8.44. The van der Waals surface area contributed by atoms with E-state index < -0.39 is 33.3 Å². The molecule has 6 aromatic carbocycles. The van der Waals surface area contributed by atoms with Gasteiger partial charge in [0.1, 0.15) is 23.3 Å². The third-order valence-electron chi connectivity index (χ3n) is 12.0. The number of nitrogens with one attached hydrogen (secondary N) is 2. The van der Waals surface area contributed by atoms with Crippen molar-refractivity contribution in [3.05, 3.63) is 188 Å². The zero-order chi connectivity index (χ0) is 53.1. The van der Waals surface area contributed by atoms with Crippen LogP contribution in [0.3, 0.4) is 0 Å². The molecule has 18 nitrogen and oxygen atoms in total. The molecule has 10 N–H and O–H groups in total. The zero-order valence-electron chi connectivity index (χ0n) is 39.7. The molecule has 0 bridgehead atoms. The lowest BCUT2D eigenvalue weighted by molar-refractivity contribution is -0.385. The minimum absolute atomic E-state index is 0.00295. The third kappa shape index (κ3) is 13.1. The van der Waals surface area contributed by atoms with Crippen molar-refractivity contribution in [2.24, 2.45) is 22.9 Å². The van der Waals surface area contributed by atoms with Crippen molar-refractivity contribution < 1.29 is 37.0 Å². The lowest BCUT2D eigenvalue weighted by Crippen LogP contribution is -2.38. The van der Waals surface area contributed by atoms with Gasteiger partial charge in [-0.05, 0) is 122 Å². The van der Waals surface area contributed by atoms with Crippen LogP contribution in [0.15, 0.2) is 121 Å². The summed E-state index contributed by atoms with van der Waals surface area (Å²) < 4.78 is 59.1. The predicted molar refractivity (Wildman–Crippen MR) is 272 cm³/mol. The largest absolute Gasteiger partial charge is 0.348 e. The van der Waals surface area contributed by atoms with E-state index in [0.29, 0.717) is 60.8 Å². The van der Waals surface area contributed by atoms with Crippen molar-refractivity contribution >= 4 is 45.3 Å². The maximum Gasteiger partial charge on any atom is 0.287 e. The number of imidazole rings is 2. The average Bonchev–Trinajstić information content (AvgIpc) is 3.94. The van der Waals surface area contributed by atoms with E-state index in [1.165, 1.54) is 33.4 Å². The number of halogens is 4. The maximum atomic E-state index is 14.7. The molecule has 0 unspecified atom stereocenters. The number of carbonyl (C=O) groups is 2. The number of hydrogen-bond donors (Lipinski definition) is 6. The Labute approximate surface area is 420 Å². The fourth-order valence-corrected chi connectivity index (χ4v) is 8.07. The van der Waals surface area contributed by atoms with Crippen LogP contribution in [-0.4, -0.2) is 79.0 Å². The van der Waals surface area contributed by atoms with Crippen LogP contribution in [0.1, 0.15) is 58.0 Å². The van der Waals surface area contributed by atoms with Gasteiger partial charge < -0.3 is 42.7 Å². The second-order valence-corrected chi connectivity index (χ2v) is 17.3. The number of hydrogen-bond acceptors (Lipinski definition) is 12. The van der Waals surface area contributed by atoms with Gasteiger partial charge in [0.05, 0.1) is 45.0 Å².